The van der Waals surface area contributed by atoms with Gasteiger partial charge in [-0.3, -0.25) is 9.10 Å². The van der Waals surface area contributed by atoms with Crippen molar-refractivity contribution in [3.05, 3.63) is 57.6 Å². The van der Waals surface area contributed by atoms with E-state index < -0.39 is 22.5 Å². The topological polar surface area (TPSA) is 63.7 Å². The number of halogens is 2. The average Bonchev–Trinajstić information content (AvgIpc) is 2.67. The zero-order chi connectivity index (χ0) is 20.2. The Morgan fingerprint density at radius 1 is 1.04 bits per heavy atom. The van der Waals surface area contributed by atoms with Crippen LogP contribution in [0.1, 0.15) is 25.0 Å². The van der Waals surface area contributed by atoms with E-state index in [9.17, 15) is 13.2 Å². The molecule has 0 bridgehead atoms. The fourth-order valence-corrected chi connectivity index (χ4v) is 4.64. The van der Waals surface area contributed by atoms with Gasteiger partial charge < -0.3 is 4.74 Å². The van der Waals surface area contributed by atoms with Gasteiger partial charge in [0.15, 0.2) is 0 Å². The van der Waals surface area contributed by atoms with Crippen LogP contribution in [0, 0.1) is 0 Å². The Labute approximate surface area is 169 Å². The Hall–Kier alpha value is -1.76. The summed E-state index contributed by atoms with van der Waals surface area (Å²) in [5, 5.41) is 0.369. The second kappa shape index (κ2) is 8.95. The van der Waals surface area contributed by atoms with E-state index in [0.29, 0.717) is 18.5 Å². The lowest BCUT2D eigenvalue weighted by Crippen LogP contribution is -2.37. The van der Waals surface area contributed by atoms with Gasteiger partial charge in [0.05, 0.1) is 27.7 Å². The van der Waals surface area contributed by atoms with Crippen LogP contribution in [-0.4, -0.2) is 28.0 Å². The van der Waals surface area contributed by atoms with Crippen molar-refractivity contribution in [3.63, 3.8) is 0 Å². The van der Waals surface area contributed by atoms with Gasteiger partial charge in [-0.25, -0.2) is 8.42 Å². The van der Waals surface area contributed by atoms with Gasteiger partial charge in [0.2, 0.25) is 0 Å². The van der Waals surface area contributed by atoms with Gasteiger partial charge in [0.25, 0.3) is 10.0 Å². The van der Waals surface area contributed by atoms with E-state index in [-0.39, 0.29) is 14.9 Å². The number of methoxy groups -OCH3 is 1. The Bertz CT molecular complexity index is 922. The van der Waals surface area contributed by atoms with Crippen LogP contribution in [0.15, 0.2) is 41.3 Å². The number of rotatable bonds is 7. The van der Waals surface area contributed by atoms with E-state index in [0.717, 1.165) is 15.4 Å². The quantitative estimate of drug-likeness (QED) is 0.608. The summed E-state index contributed by atoms with van der Waals surface area (Å²) in [5.41, 5.74) is 2.14. The third-order valence-electron chi connectivity index (χ3n) is 4.19. The van der Waals surface area contributed by atoms with E-state index >= 15 is 0 Å². The van der Waals surface area contributed by atoms with Crippen molar-refractivity contribution in [1.82, 2.24) is 0 Å². The second-order valence-electron chi connectivity index (χ2n) is 5.80. The first-order valence-electron chi connectivity index (χ1n) is 8.41. The van der Waals surface area contributed by atoms with Crippen LogP contribution < -0.4 is 4.31 Å². The highest BCUT2D eigenvalue weighted by atomic mass is 35.5. The molecule has 0 radical (unpaired) electrons. The van der Waals surface area contributed by atoms with Crippen molar-refractivity contribution >= 4 is 44.9 Å². The van der Waals surface area contributed by atoms with Crippen LogP contribution in [0.25, 0.3) is 0 Å². The number of nitrogens with zero attached hydrogens (tertiary/aromatic N) is 1. The predicted molar refractivity (Wildman–Crippen MR) is 108 cm³/mol. The largest absolute Gasteiger partial charge is 0.468 e. The summed E-state index contributed by atoms with van der Waals surface area (Å²) in [4.78, 5) is 12.0. The molecule has 0 heterocycles. The summed E-state index contributed by atoms with van der Waals surface area (Å²) in [7, 11) is -2.85. The molecule has 0 aliphatic heterocycles. The molecule has 0 saturated heterocycles. The van der Waals surface area contributed by atoms with Gasteiger partial charge in [-0.05, 0) is 42.2 Å². The summed E-state index contributed by atoms with van der Waals surface area (Å²) < 4.78 is 32.6. The monoisotopic (exact) mass is 429 g/mol. The van der Waals surface area contributed by atoms with Crippen molar-refractivity contribution < 1.29 is 17.9 Å². The molecule has 0 N–H and O–H groups in total. The molecule has 0 aliphatic carbocycles. The highest BCUT2D eigenvalue weighted by Crippen LogP contribution is 2.33. The molecule has 0 aliphatic rings. The normalized spacial score (nSPS) is 11.3. The van der Waals surface area contributed by atoms with E-state index in [1.165, 1.54) is 25.3 Å². The van der Waals surface area contributed by atoms with E-state index in [1.807, 2.05) is 32.0 Å². The fourth-order valence-electron chi connectivity index (χ4n) is 2.77. The first-order chi connectivity index (χ1) is 12.8. The molecular formula is C19H21Cl2NO4S. The molecule has 8 heteroatoms. The molecule has 2 rings (SSSR count). The third kappa shape index (κ3) is 4.57. The van der Waals surface area contributed by atoms with Crippen molar-refractivity contribution in [2.24, 2.45) is 0 Å². The molecule has 0 aromatic heterocycles. The van der Waals surface area contributed by atoms with Crippen LogP contribution in [0.3, 0.4) is 0 Å². The van der Waals surface area contributed by atoms with Crippen LogP contribution in [-0.2, 0) is 32.4 Å². The van der Waals surface area contributed by atoms with E-state index in [1.54, 1.807) is 0 Å². The number of anilines is 1. The van der Waals surface area contributed by atoms with Gasteiger partial charge >= 0.3 is 5.97 Å². The molecule has 2 aromatic rings. The van der Waals surface area contributed by atoms with Gasteiger partial charge in [-0.2, -0.15) is 0 Å². The van der Waals surface area contributed by atoms with E-state index in [2.05, 4.69) is 0 Å². The predicted octanol–water partition coefficient (Wildman–Crippen LogP) is 4.49. The minimum atomic E-state index is -4.07. The lowest BCUT2D eigenvalue weighted by Gasteiger charge is -2.28. The summed E-state index contributed by atoms with van der Waals surface area (Å²) in [6.45, 7) is 3.42. The molecule has 0 fully saturated rings. The Morgan fingerprint density at radius 2 is 1.63 bits per heavy atom. The SMILES string of the molecule is CCc1cccc(CC)c1N(CC(=O)OC)S(=O)(=O)c1ccc(Cl)c(Cl)c1. The maximum atomic E-state index is 13.4. The zero-order valence-electron chi connectivity index (χ0n) is 15.3. The number of sulfonamides is 1. The number of hydrogen-bond donors (Lipinski definition) is 0. The first kappa shape index (κ1) is 21.5. The number of para-hydroxylation sites is 1. The van der Waals surface area contributed by atoms with Crippen LogP contribution in [0.2, 0.25) is 10.0 Å². The van der Waals surface area contributed by atoms with Crippen molar-refractivity contribution in [2.75, 3.05) is 18.0 Å². The molecule has 0 spiro atoms. The van der Waals surface area contributed by atoms with E-state index in [4.69, 9.17) is 27.9 Å². The number of ether oxygens (including phenoxy) is 1. The maximum absolute atomic E-state index is 13.4. The summed E-state index contributed by atoms with van der Waals surface area (Å²) >= 11 is 11.9. The molecule has 27 heavy (non-hydrogen) atoms. The van der Waals surface area contributed by atoms with Crippen LogP contribution in [0.4, 0.5) is 5.69 Å². The van der Waals surface area contributed by atoms with Crippen molar-refractivity contribution in [2.45, 2.75) is 31.6 Å². The smallest absolute Gasteiger partial charge is 0.326 e. The summed E-state index contributed by atoms with van der Waals surface area (Å²) in [6.07, 6.45) is 1.22. The number of aryl methyl sites for hydroxylation is 2. The molecule has 0 atom stereocenters. The minimum Gasteiger partial charge on any atom is -0.468 e. The lowest BCUT2D eigenvalue weighted by molar-refractivity contribution is -0.138. The average molecular weight is 430 g/mol. The highest BCUT2D eigenvalue weighted by molar-refractivity contribution is 7.92. The van der Waals surface area contributed by atoms with Crippen LogP contribution >= 0.6 is 23.2 Å². The molecule has 0 saturated carbocycles. The molecule has 2 aromatic carbocycles. The number of carbonyl (C=O) groups excluding carboxylic acids is 1. The van der Waals surface area contributed by atoms with Gasteiger partial charge in [-0.1, -0.05) is 55.2 Å². The van der Waals surface area contributed by atoms with Gasteiger partial charge in [-0.15, -0.1) is 0 Å². The van der Waals surface area contributed by atoms with Crippen molar-refractivity contribution in [1.29, 1.82) is 0 Å². The number of hydrogen-bond acceptors (Lipinski definition) is 4. The standard InChI is InChI=1S/C19H21Cl2NO4S/c1-4-13-7-6-8-14(5-2)19(13)22(12-18(23)26-3)27(24,25)15-9-10-16(20)17(21)11-15/h6-11H,4-5,12H2,1-3H3. The van der Waals surface area contributed by atoms with Crippen molar-refractivity contribution in [3.8, 4) is 0 Å². The molecule has 0 unspecified atom stereocenters. The molecule has 146 valence electrons. The minimum absolute atomic E-state index is 0.0474. The zero-order valence-corrected chi connectivity index (χ0v) is 17.7. The maximum Gasteiger partial charge on any atom is 0.326 e. The molecule has 5 nitrogen and oxygen atoms in total. The molecule has 0 amide bonds. The van der Waals surface area contributed by atoms with Gasteiger partial charge in [0, 0.05) is 0 Å². The summed E-state index contributed by atoms with van der Waals surface area (Å²) in [5.74, 6) is -0.661. The van der Waals surface area contributed by atoms with Crippen LogP contribution in [0.5, 0.6) is 0 Å². The number of carbonyl (C=O) groups is 1. The Balaban J connectivity index is 2.72. The third-order valence-corrected chi connectivity index (χ3v) is 6.67. The fraction of sp³-hybridized carbons (Fsp3) is 0.316. The number of esters is 1. The highest BCUT2D eigenvalue weighted by Gasteiger charge is 2.30. The lowest BCUT2D eigenvalue weighted by atomic mass is 10.0. The van der Waals surface area contributed by atoms with Gasteiger partial charge in [0.1, 0.15) is 6.54 Å². The first-order valence-corrected chi connectivity index (χ1v) is 10.6. The number of benzene rings is 2. The summed E-state index contributed by atoms with van der Waals surface area (Å²) in [6, 6.07) is 9.65. The second-order valence-corrected chi connectivity index (χ2v) is 8.47. The Kier molecular flexibility index (Phi) is 7.14. The molecular weight excluding hydrogens is 409 g/mol. The Morgan fingerprint density at radius 3 is 2.11 bits per heavy atom.